The van der Waals surface area contributed by atoms with Gasteiger partial charge in [0.2, 0.25) is 11.8 Å². The van der Waals surface area contributed by atoms with Gasteiger partial charge in [0.25, 0.3) is 0 Å². The van der Waals surface area contributed by atoms with Gasteiger partial charge in [-0.25, -0.2) is 19.6 Å². The second-order valence-electron chi connectivity index (χ2n) is 6.33. The van der Waals surface area contributed by atoms with Gasteiger partial charge in [-0.15, -0.1) is 11.3 Å². The molecule has 0 spiro atoms. The summed E-state index contributed by atoms with van der Waals surface area (Å²) in [5, 5.41) is 0.624. The number of hydrogen-bond acceptors (Lipinski definition) is 9. The van der Waals surface area contributed by atoms with E-state index in [0.717, 1.165) is 0 Å². The van der Waals surface area contributed by atoms with Crippen molar-refractivity contribution in [1.29, 1.82) is 0 Å². The summed E-state index contributed by atoms with van der Waals surface area (Å²) in [5.74, 6) is 0.332. The summed E-state index contributed by atoms with van der Waals surface area (Å²) < 4.78 is 10.7. The second-order valence-corrected chi connectivity index (χ2v) is 7.41. The number of nitrogens with two attached hydrogens (primary N) is 2. The maximum atomic E-state index is 12.3. The minimum absolute atomic E-state index is 0.166. The van der Waals surface area contributed by atoms with Gasteiger partial charge in [0.15, 0.2) is 0 Å². The molecular weight excluding hydrogens is 392 g/mol. The molecule has 29 heavy (non-hydrogen) atoms. The Morgan fingerprint density at radius 2 is 1.14 bits per heavy atom. The van der Waals surface area contributed by atoms with Crippen molar-refractivity contribution in [2.75, 3.05) is 11.5 Å². The predicted molar refractivity (Wildman–Crippen MR) is 112 cm³/mol. The van der Waals surface area contributed by atoms with E-state index < -0.39 is 11.3 Å². The van der Waals surface area contributed by atoms with E-state index in [1.54, 1.807) is 36.4 Å². The van der Waals surface area contributed by atoms with E-state index >= 15 is 0 Å². The molecule has 0 bridgehead atoms. The van der Waals surface area contributed by atoms with Gasteiger partial charge in [-0.2, -0.15) is 0 Å². The molecule has 5 rings (SSSR count). The first kappa shape index (κ1) is 17.1. The Hall–Kier alpha value is -3.98. The number of anilines is 2. The molecule has 0 aliphatic carbocycles. The molecule has 0 saturated heterocycles. The van der Waals surface area contributed by atoms with Crippen LogP contribution in [0.15, 0.2) is 67.0 Å². The molecule has 9 heteroatoms. The van der Waals surface area contributed by atoms with Crippen LogP contribution in [0, 0.1) is 0 Å². The van der Waals surface area contributed by atoms with Crippen LogP contribution in [0.5, 0.6) is 0 Å². The number of fused-ring (bicyclic) bond motifs is 2. The lowest BCUT2D eigenvalue weighted by Crippen LogP contribution is -2.03. The van der Waals surface area contributed by atoms with E-state index in [1.807, 2.05) is 0 Å². The van der Waals surface area contributed by atoms with Gasteiger partial charge in [0.05, 0.1) is 31.6 Å². The maximum absolute atomic E-state index is 12.3. The largest absolute Gasteiger partial charge is 0.402 e. The van der Waals surface area contributed by atoms with Crippen LogP contribution in [0.25, 0.3) is 43.3 Å². The van der Waals surface area contributed by atoms with Crippen LogP contribution in [0.3, 0.4) is 0 Å². The van der Waals surface area contributed by atoms with Gasteiger partial charge in [-0.3, -0.25) is 0 Å². The number of thiophene rings is 1. The summed E-state index contributed by atoms with van der Waals surface area (Å²) in [4.78, 5) is 34.5. The summed E-state index contributed by atoms with van der Waals surface area (Å²) in [6, 6.07) is 13.2. The fraction of sp³-hybridized carbons (Fsp3) is 0. The van der Waals surface area contributed by atoms with E-state index in [-0.39, 0.29) is 11.8 Å². The van der Waals surface area contributed by atoms with E-state index in [4.69, 9.17) is 20.3 Å². The van der Waals surface area contributed by atoms with Crippen molar-refractivity contribution < 1.29 is 8.83 Å². The number of hydrogen-bond donors (Lipinski definition) is 2. The van der Waals surface area contributed by atoms with E-state index in [9.17, 15) is 9.59 Å². The SMILES string of the molecule is Nc1ccc2nc(-c3ccc(-c4nc5ccc(N)cc5c(=O)o4)s3)oc(=O)c2c1. The van der Waals surface area contributed by atoms with Crippen molar-refractivity contribution in [3.05, 3.63) is 69.4 Å². The van der Waals surface area contributed by atoms with Gasteiger partial charge in [0, 0.05) is 11.4 Å². The molecule has 0 fully saturated rings. The molecule has 0 atom stereocenters. The standard InChI is InChI=1S/C20H12N4O4S/c21-9-1-3-13-11(7-9)19(25)27-17(23-13)15-5-6-16(29-15)18-24-14-4-2-10(22)8-12(14)20(26)28-18/h1-8H,21-22H2. The highest BCUT2D eigenvalue weighted by Gasteiger charge is 2.15. The summed E-state index contributed by atoms with van der Waals surface area (Å²) >= 11 is 1.24. The quantitative estimate of drug-likeness (QED) is 0.428. The Kier molecular flexibility index (Phi) is 3.71. The zero-order valence-electron chi connectivity index (χ0n) is 14.7. The van der Waals surface area contributed by atoms with Crippen molar-refractivity contribution in [3.8, 4) is 21.5 Å². The second kappa shape index (κ2) is 6.28. The third-order valence-electron chi connectivity index (χ3n) is 4.33. The molecule has 3 heterocycles. The maximum Gasteiger partial charge on any atom is 0.347 e. The third-order valence-corrected chi connectivity index (χ3v) is 5.39. The first-order valence-electron chi connectivity index (χ1n) is 8.49. The van der Waals surface area contributed by atoms with Crippen molar-refractivity contribution >= 4 is 44.5 Å². The Morgan fingerprint density at radius 1 is 0.690 bits per heavy atom. The van der Waals surface area contributed by atoms with Crippen molar-refractivity contribution in [2.24, 2.45) is 0 Å². The fourth-order valence-electron chi connectivity index (χ4n) is 2.96. The average Bonchev–Trinajstić information content (AvgIpc) is 3.19. The number of nitrogens with zero attached hydrogens (tertiary/aromatic N) is 2. The molecule has 0 radical (unpaired) electrons. The number of aromatic nitrogens is 2. The molecule has 0 saturated carbocycles. The highest BCUT2D eigenvalue weighted by Crippen LogP contribution is 2.33. The van der Waals surface area contributed by atoms with Crippen LogP contribution in [0.2, 0.25) is 0 Å². The van der Waals surface area contributed by atoms with Crippen molar-refractivity contribution in [2.45, 2.75) is 0 Å². The van der Waals surface area contributed by atoms with Gasteiger partial charge in [-0.05, 0) is 48.5 Å². The lowest BCUT2D eigenvalue weighted by molar-refractivity contribution is 0.519. The van der Waals surface area contributed by atoms with E-state index in [2.05, 4.69) is 9.97 Å². The summed E-state index contributed by atoms with van der Waals surface area (Å²) in [5.41, 5.74) is 12.2. The van der Waals surface area contributed by atoms with Gasteiger partial charge in [-0.1, -0.05) is 0 Å². The average molecular weight is 404 g/mol. The highest BCUT2D eigenvalue weighted by molar-refractivity contribution is 7.18. The normalized spacial score (nSPS) is 11.3. The molecule has 0 amide bonds. The molecular formula is C20H12N4O4S. The zero-order valence-corrected chi connectivity index (χ0v) is 15.5. The monoisotopic (exact) mass is 404 g/mol. The molecule has 0 unspecified atom stereocenters. The van der Waals surface area contributed by atoms with Gasteiger partial charge in [0.1, 0.15) is 0 Å². The highest BCUT2D eigenvalue weighted by atomic mass is 32.1. The lowest BCUT2D eigenvalue weighted by Gasteiger charge is -2.01. The number of benzene rings is 2. The third kappa shape index (κ3) is 2.93. The molecule has 3 aromatic heterocycles. The topological polar surface area (TPSA) is 138 Å². The molecule has 142 valence electrons. The smallest absolute Gasteiger partial charge is 0.347 e. The van der Waals surface area contributed by atoms with Crippen molar-refractivity contribution in [3.63, 3.8) is 0 Å². The van der Waals surface area contributed by atoms with Crippen molar-refractivity contribution in [1.82, 2.24) is 9.97 Å². The van der Waals surface area contributed by atoms with Crippen LogP contribution < -0.4 is 22.7 Å². The van der Waals surface area contributed by atoms with E-state index in [1.165, 1.54) is 23.5 Å². The summed E-state index contributed by atoms with van der Waals surface area (Å²) in [6.07, 6.45) is 0. The summed E-state index contributed by atoms with van der Waals surface area (Å²) in [7, 11) is 0. The number of rotatable bonds is 2. The minimum atomic E-state index is -0.528. The molecule has 2 aromatic carbocycles. The van der Waals surface area contributed by atoms with Gasteiger partial charge < -0.3 is 20.3 Å². The Bertz CT molecular complexity index is 1420. The van der Waals surface area contributed by atoms with Crippen LogP contribution in [-0.4, -0.2) is 9.97 Å². The molecule has 8 nitrogen and oxygen atoms in total. The molecule has 4 N–H and O–H groups in total. The number of nitrogen functional groups attached to an aromatic ring is 2. The van der Waals surface area contributed by atoms with Crippen LogP contribution >= 0.6 is 11.3 Å². The molecule has 5 aromatic rings. The predicted octanol–water partition coefficient (Wildman–Crippen LogP) is 3.25. The molecule has 0 aliphatic rings. The van der Waals surface area contributed by atoms with Crippen LogP contribution in [0.4, 0.5) is 11.4 Å². The summed E-state index contributed by atoms with van der Waals surface area (Å²) in [6.45, 7) is 0. The molecule has 0 aliphatic heterocycles. The van der Waals surface area contributed by atoms with Crippen LogP contribution in [0.1, 0.15) is 0 Å². The van der Waals surface area contributed by atoms with E-state index in [0.29, 0.717) is 42.9 Å². The van der Waals surface area contributed by atoms with Crippen LogP contribution in [-0.2, 0) is 0 Å². The first-order chi connectivity index (χ1) is 14.0. The Labute approximate surface area is 166 Å². The fourth-order valence-corrected chi connectivity index (χ4v) is 3.82. The Balaban J connectivity index is 1.61. The zero-order chi connectivity index (χ0) is 20.1. The first-order valence-corrected chi connectivity index (χ1v) is 9.31. The van der Waals surface area contributed by atoms with Gasteiger partial charge >= 0.3 is 11.3 Å². The minimum Gasteiger partial charge on any atom is -0.402 e. The Morgan fingerprint density at radius 3 is 1.59 bits per heavy atom. The lowest BCUT2D eigenvalue weighted by atomic mass is 10.2.